The molecule has 1 fully saturated rings. The van der Waals surface area contributed by atoms with E-state index < -0.39 is 0 Å². The van der Waals surface area contributed by atoms with Gasteiger partial charge in [-0.25, -0.2) is 0 Å². The second-order valence-electron chi connectivity index (χ2n) is 6.00. The van der Waals surface area contributed by atoms with Crippen molar-refractivity contribution in [2.24, 2.45) is 11.3 Å². The van der Waals surface area contributed by atoms with E-state index in [1.165, 1.54) is 0 Å². The number of esters is 1. The van der Waals surface area contributed by atoms with E-state index in [2.05, 4.69) is 13.8 Å². The molecule has 0 spiro atoms. The summed E-state index contributed by atoms with van der Waals surface area (Å²) in [7, 11) is 0. The summed E-state index contributed by atoms with van der Waals surface area (Å²) in [6.45, 7) is 9.18. The highest BCUT2D eigenvalue weighted by Crippen LogP contribution is 2.43. The van der Waals surface area contributed by atoms with Crippen molar-refractivity contribution in [3.05, 3.63) is 0 Å². The van der Waals surface area contributed by atoms with Crippen molar-refractivity contribution >= 4 is 11.9 Å². The number of ether oxygens (including phenoxy) is 1. The average molecular weight is 269 g/mol. The van der Waals surface area contributed by atoms with Crippen LogP contribution in [0.3, 0.4) is 0 Å². The SMILES string of the molecule is CCCN(CC(=O)OCC)C(=O)C1CCCC1(C)C. The Balaban J connectivity index is 2.69. The van der Waals surface area contributed by atoms with Crippen molar-refractivity contribution in [3.8, 4) is 0 Å². The average Bonchev–Trinajstić information content (AvgIpc) is 2.68. The molecule has 1 rings (SSSR count). The van der Waals surface area contributed by atoms with Gasteiger partial charge in [-0.1, -0.05) is 27.2 Å². The lowest BCUT2D eigenvalue weighted by atomic mass is 9.81. The van der Waals surface area contributed by atoms with Crippen LogP contribution in [-0.4, -0.2) is 36.5 Å². The minimum atomic E-state index is -0.305. The molecule has 0 heterocycles. The van der Waals surface area contributed by atoms with Gasteiger partial charge in [0.1, 0.15) is 6.54 Å². The third-order valence-electron chi connectivity index (χ3n) is 3.99. The quantitative estimate of drug-likeness (QED) is 0.696. The molecule has 1 aliphatic rings. The lowest BCUT2D eigenvalue weighted by Crippen LogP contribution is -2.43. The number of amides is 1. The van der Waals surface area contributed by atoms with Crippen LogP contribution in [0.15, 0.2) is 0 Å². The van der Waals surface area contributed by atoms with E-state index in [4.69, 9.17) is 4.74 Å². The minimum Gasteiger partial charge on any atom is -0.465 e. The van der Waals surface area contributed by atoms with Gasteiger partial charge in [-0.2, -0.15) is 0 Å². The fraction of sp³-hybridized carbons (Fsp3) is 0.867. The van der Waals surface area contributed by atoms with Crippen LogP contribution in [0.5, 0.6) is 0 Å². The number of nitrogens with zero attached hydrogens (tertiary/aromatic N) is 1. The second-order valence-corrected chi connectivity index (χ2v) is 6.00. The zero-order valence-corrected chi connectivity index (χ0v) is 12.7. The molecule has 0 aliphatic heterocycles. The first kappa shape index (κ1) is 16.0. The summed E-state index contributed by atoms with van der Waals surface area (Å²) in [5, 5.41) is 0. The Bertz CT molecular complexity index is 325. The Hall–Kier alpha value is -1.06. The molecule has 0 aromatic rings. The van der Waals surface area contributed by atoms with E-state index in [9.17, 15) is 9.59 Å². The molecule has 19 heavy (non-hydrogen) atoms. The Morgan fingerprint density at radius 3 is 2.47 bits per heavy atom. The van der Waals surface area contributed by atoms with Crippen LogP contribution < -0.4 is 0 Å². The van der Waals surface area contributed by atoms with Gasteiger partial charge in [0.15, 0.2) is 0 Å². The Labute approximate surface area is 116 Å². The summed E-state index contributed by atoms with van der Waals surface area (Å²) in [4.78, 5) is 25.9. The van der Waals surface area contributed by atoms with Crippen molar-refractivity contribution in [2.45, 2.75) is 53.4 Å². The number of carbonyl (C=O) groups excluding carboxylic acids is 2. The van der Waals surface area contributed by atoms with Crippen LogP contribution in [0.2, 0.25) is 0 Å². The van der Waals surface area contributed by atoms with E-state index in [1.807, 2.05) is 6.92 Å². The lowest BCUT2D eigenvalue weighted by molar-refractivity contribution is -0.151. The highest BCUT2D eigenvalue weighted by Gasteiger charge is 2.41. The van der Waals surface area contributed by atoms with Crippen molar-refractivity contribution in [2.75, 3.05) is 19.7 Å². The molecule has 0 N–H and O–H groups in total. The zero-order chi connectivity index (χ0) is 14.5. The molecule has 1 atom stereocenters. The normalized spacial score (nSPS) is 21.2. The van der Waals surface area contributed by atoms with Gasteiger partial charge in [0.05, 0.1) is 6.61 Å². The first-order valence-corrected chi connectivity index (χ1v) is 7.36. The van der Waals surface area contributed by atoms with Crippen LogP contribution in [0.1, 0.15) is 53.4 Å². The monoisotopic (exact) mass is 269 g/mol. The first-order chi connectivity index (χ1) is 8.92. The predicted octanol–water partition coefficient (Wildman–Crippen LogP) is 2.61. The van der Waals surface area contributed by atoms with Crippen LogP contribution in [0, 0.1) is 11.3 Å². The van der Waals surface area contributed by atoms with Crippen LogP contribution in [0.4, 0.5) is 0 Å². The van der Waals surface area contributed by atoms with Gasteiger partial charge in [0, 0.05) is 12.5 Å². The lowest BCUT2D eigenvalue weighted by Gasteiger charge is -2.31. The van der Waals surface area contributed by atoms with Gasteiger partial charge in [0.2, 0.25) is 5.91 Å². The molecule has 0 saturated heterocycles. The molecule has 0 aromatic heterocycles. The summed E-state index contributed by atoms with van der Waals surface area (Å²) in [5.41, 5.74) is 0.0533. The Kier molecular flexibility index (Phi) is 5.83. The first-order valence-electron chi connectivity index (χ1n) is 7.36. The molecular formula is C15H27NO3. The Morgan fingerprint density at radius 1 is 1.32 bits per heavy atom. The highest BCUT2D eigenvalue weighted by atomic mass is 16.5. The second kappa shape index (κ2) is 6.92. The topological polar surface area (TPSA) is 46.6 Å². The maximum atomic E-state index is 12.6. The fourth-order valence-corrected chi connectivity index (χ4v) is 2.90. The maximum absolute atomic E-state index is 12.6. The standard InChI is InChI=1S/C15H27NO3/c1-5-10-16(11-13(17)19-6-2)14(18)12-8-7-9-15(12,3)4/h12H,5-11H2,1-4H3. The Morgan fingerprint density at radius 2 is 2.00 bits per heavy atom. The summed E-state index contributed by atoms with van der Waals surface area (Å²) < 4.78 is 4.95. The number of carbonyl (C=O) groups is 2. The summed E-state index contributed by atoms with van der Waals surface area (Å²) in [6, 6.07) is 0. The van der Waals surface area contributed by atoms with Crippen molar-refractivity contribution in [1.82, 2.24) is 4.90 Å². The molecule has 4 heteroatoms. The summed E-state index contributed by atoms with van der Waals surface area (Å²) in [5.74, 6) is -0.133. The number of hydrogen-bond acceptors (Lipinski definition) is 3. The summed E-state index contributed by atoms with van der Waals surface area (Å²) in [6.07, 6.45) is 3.98. The summed E-state index contributed by atoms with van der Waals surface area (Å²) >= 11 is 0. The smallest absolute Gasteiger partial charge is 0.325 e. The molecule has 110 valence electrons. The fourth-order valence-electron chi connectivity index (χ4n) is 2.90. The van der Waals surface area contributed by atoms with Crippen molar-refractivity contribution < 1.29 is 14.3 Å². The van der Waals surface area contributed by atoms with E-state index in [1.54, 1.807) is 11.8 Å². The number of rotatable bonds is 6. The van der Waals surface area contributed by atoms with Crippen molar-refractivity contribution in [1.29, 1.82) is 0 Å². The van der Waals surface area contributed by atoms with Crippen LogP contribution in [-0.2, 0) is 14.3 Å². The van der Waals surface area contributed by atoms with E-state index in [0.717, 1.165) is 25.7 Å². The zero-order valence-electron chi connectivity index (χ0n) is 12.7. The maximum Gasteiger partial charge on any atom is 0.325 e. The van der Waals surface area contributed by atoms with E-state index in [0.29, 0.717) is 13.2 Å². The van der Waals surface area contributed by atoms with Crippen LogP contribution in [0.25, 0.3) is 0 Å². The molecule has 4 nitrogen and oxygen atoms in total. The third kappa shape index (κ3) is 4.22. The molecule has 0 aromatic carbocycles. The molecule has 1 saturated carbocycles. The van der Waals surface area contributed by atoms with Gasteiger partial charge in [-0.05, 0) is 31.6 Å². The molecule has 1 aliphatic carbocycles. The van der Waals surface area contributed by atoms with Crippen molar-refractivity contribution in [3.63, 3.8) is 0 Å². The third-order valence-corrected chi connectivity index (χ3v) is 3.99. The predicted molar refractivity (Wildman–Crippen MR) is 74.6 cm³/mol. The molecule has 1 amide bonds. The van der Waals surface area contributed by atoms with Gasteiger partial charge in [-0.15, -0.1) is 0 Å². The van der Waals surface area contributed by atoms with Gasteiger partial charge >= 0.3 is 5.97 Å². The van der Waals surface area contributed by atoms with Gasteiger partial charge in [-0.3, -0.25) is 9.59 Å². The number of hydrogen-bond donors (Lipinski definition) is 0. The minimum absolute atomic E-state index is 0.0495. The molecular weight excluding hydrogens is 242 g/mol. The van der Waals surface area contributed by atoms with Crippen LogP contribution >= 0.6 is 0 Å². The molecule has 0 bridgehead atoms. The van der Waals surface area contributed by atoms with Gasteiger partial charge < -0.3 is 9.64 Å². The molecule has 1 unspecified atom stereocenters. The van der Waals surface area contributed by atoms with E-state index in [-0.39, 0.29) is 29.8 Å². The largest absolute Gasteiger partial charge is 0.465 e. The van der Waals surface area contributed by atoms with Gasteiger partial charge in [0.25, 0.3) is 0 Å². The highest BCUT2D eigenvalue weighted by molar-refractivity contribution is 5.84. The van der Waals surface area contributed by atoms with E-state index >= 15 is 0 Å². The molecule has 0 radical (unpaired) electrons.